The van der Waals surface area contributed by atoms with E-state index in [1.54, 1.807) is 13.8 Å². The predicted octanol–water partition coefficient (Wildman–Crippen LogP) is 2.95. The van der Waals surface area contributed by atoms with Gasteiger partial charge in [0.2, 0.25) is 5.91 Å². The summed E-state index contributed by atoms with van der Waals surface area (Å²) in [6, 6.07) is 0. The van der Waals surface area contributed by atoms with E-state index in [1.165, 1.54) is 17.3 Å². The molecule has 138 valence electrons. The number of ether oxygens (including phenoxy) is 1. The van der Waals surface area contributed by atoms with Gasteiger partial charge in [-0.05, 0) is 40.0 Å². The van der Waals surface area contributed by atoms with Crippen molar-refractivity contribution in [1.29, 1.82) is 0 Å². The number of rotatable bonds is 6. The highest BCUT2D eigenvalue weighted by Gasteiger charge is 2.20. The molecule has 0 saturated carbocycles. The highest BCUT2D eigenvalue weighted by molar-refractivity contribution is 8.00. The summed E-state index contributed by atoms with van der Waals surface area (Å²) in [5, 5.41) is 4.04. The number of nitrogens with one attached hydrogen (secondary N) is 1. The number of anilines is 1. The standard InChI is InChI=1S/C17H20N4O3S2/c1-4-24-16(23)14-9(2)18-17(26-14)21-13(22)8-25-15-11-6-5-7-12(11)19-10(3)20-15/h4-8H2,1-3H3,(H,18,21,22). The molecule has 1 amide bonds. The number of nitrogens with zero attached hydrogens (tertiary/aromatic N) is 3. The number of carbonyl (C=O) groups excluding carboxylic acids is 2. The summed E-state index contributed by atoms with van der Waals surface area (Å²) in [7, 11) is 0. The van der Waals surface area contributed by atoms with Crippen molar-refractivity contribution in [1.82, 2.24) is 15.0 Å². The van der Waals surface area contributed by atoms with Gasteiger partial charge in [-0.15, -0.1) is 0 Å². The summed E-state index contributed by atoms with van der Waals surface area (Å²) < 4.78 is 4.99. The molecule has 0 unspecified atom stereocenters. The fourth-order valence-corrected chi connectivity index (χ4v) is 4.57. The second kappa shape index (κ2) is 8.13. The van der Waals surface area contributed by atoms with Crippen molar-refractivity contribution in [2.75, 3.05) is 17.7 Å². The first kappa shape index (κ1) is 18.8. The topological polar surface area (TPSA) is 94.1 Å². The van der Waals surface area contributed by atoms with E-state index in [4.69, 9.17) is 4.74 Å². The maximum absolute atomic E-state index is 12.3. The van der Waals surface area contributed by atoms with E-state index in [-0.39, 0.29) is 11.7 Å². The Balaban J connectivity index is 1.62. The van der Waals surface area contributed by atoms with E-state index < -0.39 is 5.97 Å². The Morgan fingerprint density at radius 3 is 2.81 bits per heavy atom. The van der Waals surface area contributed by atoms with Crippen molar-refractivity contribution >= 4 is 40.1 Å². The fraction of sp³-hybridized carbons (Fsp3) is 0.471. The van der Waals surface area contributed by atoms with Crippen LogP contribution in [0.25, 0.3) is 0 Å². The summed E-state index contributed by atoms with van der Waals surface area (Å²) in [6.07, 6.45) is 3.03. The Morgan fingerprint density at radius 2 is 2.04 bits per heavy atom. The molecule has 2 aromatic rings. The van der Waals surface area contributed by atoms with Gasteiger partial charge in [0.1, 0.15) is 15.7 Å². The number of fused-ring (bicyclic) bond motifs is 1. The lowest BCUT2D eigenvalue weighted by Crippen LogP contribution is -2.14. The van der Waals surface area contributed by atoms with Gasteiger partial charge in [0.15, 0.2) is 5.13 Å². The second-order valence-corrected chi connectivity index (χ2v) is 7.81. The minimum absolute atomic E-state index is 0.179. The normalized spacial score (nSPS) is 12.7. The third kappa shape index (κ3) is 4.21. The summed E-state index contributed by atoms with van der Waals surface area (Å²) in [5.74, 6) is 0.380. The molecule has 2 aromatic heterocycles. The maximum Gasteiger partial charge on any atom is 0.350 e. The number of aryl methyl sites for hydroxylation is 3. The summed E-state index contributed by atoms with van der Waals surface area (Å²) in [5.41, 5.74) is 2.83. The number of hydrogen-bond donors (Lipinski definition) is 1. The molecule has 2 heterocycles. The third-order valence-electron chi connectivity index (χ3n) is 3.85. The van der Waals surface area contributed by atoms with Crippen molar-refractivity contribution in [2.45, 2.75) is 45.1 Å². The molecular weight excluding hydrogens is 372 g/mol. The summed E-state index contributed by atoms with van der Waals surface area (Å²) >= 11 is 2.54. The van der Waals surface area contributed by atoms with Crippen molar-refractivity contribution in [3.8, 4) is 0 Å². The Hall–Kier alpha value is -2.00. The molecule has 7 nitrogen and oxygen atoms in total. The molecule has 1 aliphatic rings. The molecule has 0 aliphatic heterocycles. The van der Waals surface area contributed by atoms with Gasteiger partial charge >= 0.3 is 5.97 Å². The number of hydrogen-bond acceptors (Lipinski definition) is 8. The van der Waals surface area contributed by atoms with E-state index in [0.29, 0.717) is 22.3 Å². The molecule has 0 bridgehead atoms. The highest BCUT2D eigenvalue weighted by Crippen LogP contribution is 2.30. The highest BCUT2D eigenvalue weighted by atomic mass is 32.2. The van der Waals surface area contributed by atoms with Crippen molar-refractivity contribution in [2.24, 2.45) is 0 Å². The molecule has 9 heteroatoms. The monoisotopic (exact) mass is 392 g/mol. The molecule has 3 rings (SSSR count). The summed E-state index contributed by atoms with van der Waals surface area (Å²) in [4.78, 5) is 37.7. The van der Waals surface area contributed by atoms with E-state index in [1.807, 2.05) is 6.92 Å². The Bertz CT molecular complexity index is 851. The van der Waals surface area contributed by atoms with E-state index in [2.05, 4.69) is 20.3 Å². The number of esters is 1. The van der Waals surface area contributed by atoms with Crippen LogP contribution in [0, 0.1) is 13.8 Å². The predicted molar refractivity (Wildman–Crippen MR) is 101 cm³/mol. The van der Waals surface area contributed by atoms with E-state index >= 15 is 0 Å². The van der Waals surface area contributed by atoms with Crippen molar-refractivity contribution in [3.05, 3.63) is 27.7 Å². The summed E-state index contributed by atoms with van der Waals surface area (Å²) in [6.45, 7) is 5.65. The van der Waals surface area contributed by atoms with Crippen LogP contribution < -0.4 is 5.32 Å². The number of thioether (sulfide) groups is 1. The van der Waals surface area contributed by atoms with Gasteiger partial charge in [-0.3, -0.25) is 4.79 Å². The minimum Gasteiger partial charge on any atom is -0.462 e. The van der Waals surface area contributed by atoms with Gasteiger partial charge in [0.05, 0.1) is 18.1 Å². The van der Waals surface area contributed by atoms with Crippen molar-refractivity contribution in [3.63, 3.8) is 0 Å². The van der Waals surface area contributed by atoms with Crippen molar-refractivity contribution < 1.29 is 14.3 Å². The van der Waals surface area contributed by atoms with Crippen LogP contribution in [0.4, 0.5) is 5.13 Å². The lowest BCUT2D eigenvalue weighted by molar-refractivity contribution is -0.113. The van der Waals surface area contributed by atoms with Crippen LogP contribution in [-0.4, -0.2) is 39.2 Å². The lowest BCUT2D eigenvalue weighted by Gasteiger charge is -2.07. The SMILES string of the molecule is CCOC(=O)c1sc(NC(=O)CSc2nc(C)nc3c2CCC3)nc1C. The van der Waals surface area contributed by atoms with Gasteiger partial charge in [-0.1, -0.05) is 23.1 Å². The van der Waals surface area contributed by atoms with Gasteiger partial charge in [-0.25, -0.2) is 19.7 Å². The maximum atomic E-state index is 12.3. The van der Waals surface area contributed by atoms with Gasteiger partial charge in [0.25, 0.3) is 0 Å². The largest absolute Gasteiger partial charge is 0.462 e. The molecule has 0 saturated heterocycles. The van der Waals surface area contributed by atoms with Crippen LogP contribution in [0.5, 0.6) is 0 Å². The number of carbonyl (C=O) groups is 2. The van der Waals surface area contributed by atoms with E-state index in [9.17, 15) is 9.59 Å². The molecular formula is C17H20N4O3S2. The molecule has 1 aliphatic carbocycles. The first-order chi connectivity index (χ1) is 12.5. The Morgan fingerprint density at radius 1 is 1.23 bits per heavy atom. The van der Waals surface area contributed by atoms with Crippen LogP contribution in [0.3, 0.4) is 0 Å². The molecule has 0 radical (unpaired) electrons. The average Bonchev–Trinajstić information content (AvgIpc) is 3.19. The third-order valence-corrected chi connectivity index (χ3v) is 5.92. The first-order valence-corrected chi connectivity index (χ1v) is 10.2. The second-order valence-electron chi connectivity index (χ2n) is 5.85. The zero-order valence-corrected chi connectivity index (χ0v) is 16.6. The van der Waals surface area contributed by atoms with Gasteiger partial charge < -0.3 is 10.1 Å². The quantitative estimate of drug-likeness (QED) is 0.459. The zero-order chi connectivity index (χ0) is 18.7. The first-order valence-electron chi connectivity index (χ1n) is 8.41. The van der Waals surface area contributed by atoms with Gasteiger partial charge in [-0.2, -0.15) is 0 Å². The molecule has 26 heavy (non-hydrogen) atoms. The smallest absolute Gasteiger partial charge is 0.350 e. The fourth-order valence-electron chi connectivity index (χ4n) is 2.76. The van der Waals surface area contributed by atoms with Crippen LogP contribution in [0.15, 0.2) is 5.03 Å². The van der Waals surface area contributed by atoms with Crippen LogP contribution in [0.1, 0.15) is 45.8 Å². The Kier molecular flexibility index (Phi) is 5.87. The lowest BCUT2D eigenvalue weighted by atomic mass is 10.3. The molecule has 0 fully saturated rings. The van der Waals surface area contributed by atoms with Crippen LogP contribution in [0.2, 0.25) is 0 Å². The molecule has 0 aromatic carbocycles. The van der Waals surface area contributed by atoms with Crippen LogP contribution in [-0.2, 0) is 22.4 Å². The molecule has 0 spiro atoms. The number of amides is 1. The average molecular weight is 393 g/mol. The van der Waals surface area contributed by atoms with E-state index in [0.717, 1.165) is 47.1 Å². The van der Waals surface area contributed by atoms with Crippen LogP contribution >= 0.6 is 23.1 Å². The molecule has 0 atom stereocenters. The minimum atomic E-state index is -0.413. The number of thiazole rings is 1. The molecule has 1 N–H and O–H groups in total. The zero-order valence-electron chi connectivity index (χ0n) is 14.9. The number of aromatic nitrogens is 3. The Labute approximate surface area is 160 Å². The van der Waals surface area contributed by atoms with Gasteiger partial charge in [0, 0.05) is 11.3 Å².